The summed E-state index contributed by atoms with van der Waals surface area (Å²) in [6.07, 6.45) is 7.79. The van der Waals surface area contributed by atoms with Gasteiger partial charge in [-0.05, 0) is 43.9 Å². The molecule has 2 aliphatic heterocycles. The summed E-state index contributed by atoms with van der Waals surface area (Å²) >= 11 is 0. The molecular formula is C23H31N3O3S. The third kappa shape index (κ3) is 5.19. The summed E-state index contributed by atoms with van der Waals surface area (Å²) in [4.78, 5) is 17.2. The number of amides is 1. The topological polar surface area (TPSA) is 87.6 Å². The first kappa shape index (κ1) is 22.3. The van der Waals surface area contributed by atoms with E-state index in [2.05, 4.69) is 35.5 Å². The van der Waals surface area contributed by atoms with Gasteiger partial charge in [0.05, 0.1) is 10.5 Å². The summed E-state index contributed by atoms with van der Waals surface area (Å²) in [5.41, 5.74) is 2.73. The zero-order valence-corrected chi connectivity index (χ0v) is 19.0. The summed E-state index contributed by atoms with van der Waals surface area (Å²) in [7, 11) is -3.22. The molecule has 3 rings (SSSR count). The minimum atomic E-state index is -3.22. The van der Waals surface area contributed by atoms with Crippen LogP contribution in [0.1, 0.15) is 45.6 Å². The Morgan fingerprint density at radius 3 is 2.37 bits per heavy atom. The van der Waals surface area contributed by atoms with E-state index in [9.17, 15) is 13.2 Å². The molecule has 1 amide bonds. The van der Waals surface area contributed by atoms with Crippen molar-refractivity contribution in [2.45, 2.75) is 57.1 Å². The van der Waals surface area contributed by atoms with Crippen LogP contribution in [-0.4, -0.2) is 39.0 Å². The van der Waals surface area contributed by atoms with Crippen molar-refractivity contribution in [3.63, 3.8) is 0 Å². The molecule has 0 saturated carbocycles. The maximum Gasteiger partial charge on any atom is 0.252 e. The molecule has 7 heteroatoms. The summed E-state index contributed by atoms with van der Waals surface area (Å²) in [6.45, 7) is 8.21. The molecule has 0 saturated heterocycles. The number of carbonyl (C=O) groups excluding carboxylic acids is 1. The number of nitrogens with one attached hydrogen (secondary N) is 2. The summed E-state index contributed by atoms with van der Waals surface area (Å²) in [5.74, 6) is 0.481. The lowest BCUT2D eigenvalue weighted by atomic mass is 9.87. The van der Waals surface area contributed by atoms with Crippen LogP contribution >= 0.6 is 0 Å². The fourth-order valence-corrected chi connectivity index (χ4v) is 4.49. The predicted octanol–water partition coefficient (Wildman–Crippen LogP) is 3.18. The van der Waals surface area contributed by atoms with Gasteiger partial charge in [-0.3, -0.25) is 9.79 Å². The highest BCUT2D eigenvalue weighted by Crippen LogP contribution is 2.36. The number of rotatable bonds is 7. The average molecular weight is 430 g/mol. The molecule has 1 aromatic rings. The Morgan fingerprint density at radius 2 is 1.80 bits per heavy atom. The molecule has 2 N–H and O–H groups in total. The van der Waals surface area contributed by atoms with Crippen LogP contribution in [0.3, 0.4) is 0 Å². The van der Waals surface area contributed by atoms with E-state index in [0.29, 0.717) is 16.4 Å². The molecule has 1 aromatic carbocycles. The van der Waals surface area contributed by atoms with Crippen molar-refractivity contribution in [2.75, 3.05) is 6.26 Å². The van der Waals surface area contributed by atoms with E-state index >= 15 is 0 Å². The molecule has 162 valence electrons. The number of sulfone groups is 1. The SMILES string of the molecule is CC(C)CC(C1=CC2C=C(C(=O)NC(C)C)C=NC2N1)c1ccc(S(C)(=O)=O)cc1. The quantitative estimate of drug-likeness (QED) is 0.697. The van der Waals surface area contributed by atoms with E-state index in [1.165, 1.54) is 6.26 Å². The Balaban J connectivity index is 1.86. The highest BCUT2D eigenvalue weighted by Gasteiger charge is 2.32. The zero-order valence-electron chi connectivity index (χ0n) is 18.2. The van der Waals surface area contributed by atoms with Crippen molar-refractivity contribution in [2.24, 2.45) is 16.8 Å². The van der Waals surface area contributed by atoms with Gasteiger partial charge in [0.1, 0.15) is 6.17 Å². The molecule has 3 unspecified atom stereocenters. The van der Waals surface area contributed by atoms with Gasteiger partial charge in [0.2, 0.25) is 0 Å². The van der Waals surface area contributed by atoms with Gasteiger partial charge in [0.15, 0.2) is 9.84 Å². The largest absolute Gasteiger partial charge is 0.366 e. The van der Waals surface area contributed by atoms with Crippen molar-refractivity contribution in [1.29, 1.82) is 0 Å². The highest BCUT2D eigenvalue weighted by molar-refractivity contribution is 7.90. The predicted molar refractivity (Wildman–Crippen MR) is 120 cm³/mol. The Labute approximate surface area is 179 Å². The Hall–Kier alpha value is -2.41. The molecule has 0 fully saturated rings. The van der Waals surface area contributed by atoms with Gasteiger partial charge in [-0.1, -0.05) is 38.1 Å². The van der Waals surface area contributed by atoms with Crippen LogP contribution in [0.2, 0.25) is 0 Å². The lowest BCUT2D eigenvalue weighted by molar-refractivity contribution is -0.117. The average Bonchev–Trinajstić information content (AvgIpc) is 3.07. The van der Waals surface area contributed by atoms with Gasteiger partial charge in [0, 0.05) is 36.0 Å². The third-order valence-electron chi connectivity index (χ3n) is 5.27. The maximum atomic E-state index is 12.3. The molecule has 2 heterocycles. The standard InChI is InChI=1S/C23H31N3O3S/c1-14(2)10-20(16-6-8-19(9-7-16)30(5,28)29)21-12-17-11-18(13-24-22(17)26-21)23(27)25-15(3)4/h6-9,11-15,17,20,22,26H,10H2,1-5H3,(H,25,27). The first-order valence-corrected chi connectivity index (χ1v) is 12.3. The van der Waals surface area contributed by atoms with Gasteiger partial charge < -0.3 is 10.6 Å². The van der Waals surface area contributed by atoms with Crippen molar-refractivity contribution in [3.05, 3.63) is 53.3 Å². The lowest BCUT2D eigenvalue weighted by Gasteiger charge is -2.24. The fraction of sp³-hybridized carbons (Fsp3) is 0.478. The van der Waals surface area contributed by atoms with Crippen LogP contribution in [-0.2, 0) is 14.6 Å². The first-order valence-electron chi connectivity index (χ1n) is 10.4. The lowest BCUT2D eigenvalue weighted by Crippen LogP contribution is -2.35. The molecule has 0 aromatic heterocycles. The maximum absolute atomic E-state index is 12.3. The first-order chi connectivity index (χ1) is 14.0. The van der Waals surface area contributed by atoms with Crippen LogP contribution in [0.25, 0.3) is 0 Å². The highest BCUT2D eigenvalue weighted by atomic mass is 32.2. The van der Waals surface area contributed by atoms with Crippen LogP contribution in [0.5, 0.6) is 0 Å². The van der Waals surface area contributed by atoms with Crippen LogP contribution in [0, 0.1) is 11.8 Å². The number of dihydropyridines is 1. The third-order valence-corrected chi connectivity index (χ3v) is 6.40. The van der Waals surface area contributed by atoms with E-state index in [-0.39, 0.29) is 30.0 Å². The van der Waals surface area contributed by atoms with Gasteiger partial charge in [-0.2, -0.15) is 0 Å². The number of fused-ring (bicyclic) bond motifs is 1. The molecule has 0 spiro atoms. The van der Waals surface area contributed by atoms with E-state index in [4.69, 9.17) is 0 Å². The van der Waals surface area contributed by atoms with Crippen molar-refractivity contribution >= 4 is 22.0 Å². The summed E-state index contributed by atoms with van der Waals surface area (Å²) in [5, 5.41) is 6.42. The summed E-state index contributed by atoms with van der Waals surface area (Å²) < 4.78 is 23.6. The van der Waals surface area contributed by atoms with Crippen molar-refractivity contribution in [1.82, 2.24) is 10.6 Å². The monoisotopic (exact) mass is 429 g/mol. The van der Waals surface area contributed by atoms with Gasteiger partial charge in [-0.25, -0.2) is 8.42 Å². The molecule has 0 radical (unpaired) electrons. The number of benzene rings is 1. The molecule has 3 atom stereocenters. The minimum absolute atomic E-state index is 0.0165. The zero-order chi connectivity index (χ0) is 22.1. The van der Waals surface area contributed by atoms with Gasteiger partial charge in [0.25, 0.3) is 5.91 Å². The second-order valence-electron chi connectivity index (χ2n) is 8.84. The molecule has 0 bridgehead atoms. The van der Waals surface area contributed by atoms with Crippen molar-refractivity contribution < 1.29 is 13.2 Å². The molecule has 30 heavy (non-hydrogen) atoms. The number of nitrogens with zero attached hydrogens (tertiary/aromatic N) is 1. The molecule has 6 nitrogen and oxygen atoms in total. The molecular weight excluding hydrogens is 398 g/mol. The Kier molecular flexibility index (Phi) is 6.50. The second kappa shape index (κ2) is 8.76. The number of hydrogen-bond donors (Lipinski definition) is 2. The number of allylic oxidation sites excluding steroid dienone is 1. The Bertz CT molecular complexity index is 989. The summed E-state index contributed by atoms with van der Waals surface area (Å²) in [6, 6.07) is 7.21. The van der Waals surface area contributed by atoms with Crippen LogP contribution < -0.4 is 10.6 Å². The van der Waals surface area contributed by atoms with E-state index in [1.54, 1.807) is 18.3 Å². The van der Waals surface area contributed by atoms with Crippen molar-refractivity contribution in [3.8, 4) is 0 Å². The molecule has 2 aliphatic rings. The van der Waals surface area contributed by atoms with E-state index < -0.39 is 9.84 Å². The smallest absolute Gasteiger partial charge is 0.252 e. The fourth-order valence-electron chi connectivity index (χ4n) is 3.86. The second-order valence-corrected chi connectivity index (χ2v) is 10.9. The number of aliphatic imine (C=N–C) groups is 1. The number of hydrogen-bond acceptors (Lipinski definition) is 5. The van der Waals surface area contributed by atoms with Gasteiger partial charge in [-0.15, -0.1) is 0 Å². The number of carbonyl (C=O) groups is 1. The van der Waals surface area contributed by atoms with Crippen LogP contribution in [0.15, 0.2) is 57.6 Å². The van der Waals surface area contributed by atoms with Gasteiger partial charge >= 0.3 is 0 Å². The minimum Gasteiger partial charge on any atom is -0.366 e. The van der Waals surface area contributed by atoms with E-state index in [1.807, 2.05) is 32.1 Å². The Morgan fingerprint density at radius 1 is 1.13 bits per heavy atom. The van der Waals surface area contributed by atoms with Crippen LogP contribution in [0.4, 0.5) is 0 Å². The molecule has 0 aliphatic carbocycles. The van der Waals surface area contributed by atoms with E-state index in [0.717, 1.165) is 17.7 Å². The normalized spacial score (nSPS) is 21.7.